The lowest BCUT2D eigenvalue weighted by atomic mass is 10.0. The Labute approximate surface area is 118 Å². The molecule has 0 spiro atoms. The molecule has 0 aliphatic heterocycles. The van der Waals surface area contributed by atoms with E-state index in [-0.39, 0.29) is 24.2 Å². The summed E-state index contributed by atoms with van der Waals surface area (Å²) in [6.45, 7) is 3.74. The second-order valence-electron chi connectivity index (χ2n) is 4.33. The largest absolute Gasteiger partial charge is 0.351 e. The highest BCUT2D eigenvalue weighted by Gasteiger charge is 2.17. The van der Waals surface area contributed by atoms with Crippen LogP contribution in [0.2, 0.25) is 0 Å². The highest BCUT2D eigenvalue weighted by molar-refractivity contribution is 5.96. The number of amides is 3. The maximum absolute atomic E-state index is 11.7. The smallest absolute Gasteiger partial charge is 0.316 e. The van der Waals surface area contributed by atoms with E-state index < -0.39 is 12.1 Å². The van der Waals surface area contributed by atoms with Gasteiger partial charge >= 0.3 is 6.03 Å². The van der Waals surface area contributed by atoms with Crippen molar-refractivity contribution < 1.29 is 9.59 Å². The maximum Gasteiger partial charge on any atom is 0.316 e. The fourth-order valence-corrected chi connectivity index (χ4v) is 1.35. The van der Waals surface area contributed by atoms with Crippen molar-refractivity contribution >= 4 is 35.7 Å². The van der Waals surface area contributed by atoms with Crippen LogP contribution in [-0.4, -0.2) is 18.0 Å². The summed E-state index contributed by atoms with van der Waals surface area (Å²) in [7, 11) is 0. The molecule has 6 N–H and O–H groups in total. The second-order valence-corrected chi connectivity index (χ2v) is 4.33. The molecule has 1 rings (SSSR count). The summed E-state index contributed by atoms with van der Waals surface area (Å²) >= 11 is 0. The van der Waals surface area contributed by atoms with E-state index >= 15 is 0 Å². The van der Waals surface area contributed by atoms with Crippen molar-refractivity contribution in [2.45, 2.75) is 19.9 Å². The molecule has 19 heavy (non-hydrogen) atoms. The van der Waals surface area contributed by atoms with Gasteiger partial charge in [0.1, 0.15) is 0 Å². The fraction of sp³-hybridized carbons (Fsp3) is 0.333. The molecule has 0 unspecified atom stereocenters. The molecule has 0 heterocycles. The lowest BCUT2D eigenvalue weighted by molar-refractivity contribution is -0.118. The van der Waals surface area contributed by atoms with Crippen molar-refractivity contribution in [2.24, 2.45) is 17.4 Å². The molecular formula is C12H19ClN4O2. The third kappa shape index (κ3) is 5.58. The fourth-order valence-electron chi connectivity index (χ4n) is 1.35. The summed E-state index contributed by atoms with van der Waals surface area (Å²) < 4.78 is 0. The zero-order valence-electron chi connectivity index (χ0n) is 10.8. The number of hydrogen-bond acceptors (Lipinski definition) is 3. The third-order valence-corrected chi connectivity index (χ3v) is 2.42. The molecule has 1 aromatic rings. The van der Waals surface area contributed by atoms with Gasteiger partial charge in [-0.05, 0) is 24.1 Å². The van der Waals surface area contributed by atoms with Crippen LogP contribution in [0.5, 0.6) is 0 Å². The molecule has 6 nitrogen and oxygen atoms in total. The number of nitrogens with two attached hydrogens (primary N) is 2. The quantitative estimate of drug-likeness (QED) is 0.673. The Balaban J connectivity index is 0.00000324. The highest BCUT2D eigenvalue weighted by atomic mass is 35.5. The summed E-state index contributed by atoms with van der Waals surface area (Å²) in [5.74, 6) is -0.210. The number of halogens is 1. The summed E-state index contributed by atoms with van der Waals surface area (Å²) in [6, 6.07) is 5.45. The molecule has 0 radical (unpaired) electrons. The number of rotatable bonds is 4. The monoisotopic (exact) mass is 286 g/mol. The molecule has 0 saturated carbocycles. The Morgan fingerprint density at radius 2 is 1.68 bits per heavy atom. The summed E-state index contributed by atoms with van der Waals surface area (Å²) in [6.07, 6.45) is 0. The number of benzene rings is 1. The lowest BCUT2D eigenvalue weighted by Gasteiger charge is -2.15. The first-order valence-corrected chi connectivity index (χ1v) is 5.63. The molecule has 7 heteroatoms. The molecule has 0 bridgehead atoms. The predicted molar refractivity (Wildman–Crippen MR) is 78.3 cm³/mol. The van der Waals surface area contributed by atoms with Gasteiger partial charge in [-0.1, -0.05) is 19.9 Å². The number of carbonyl (C=O) groups excluding carboxylic acids is 2. The van der Waals surface area contributed by atoms with Gasteiger partial charge in [0.15, 0.2) is 0 Å². The van der Waals surface area contributed by atoms with Crippen LogP contribution < -0.4 is 22.1 Å². The van der Waals surface area contributed by atoms with Gasteiger partial charge in [0, 0.05) is 11.4 Å². The topological polar surface area (TPSA) is 110 Å². The molecule has 106 valence electrons. The zero-order chi connectivity index (χ0) is 13.7. The molecule has 3 amide bonds. The predicted octanol–water partition coefficient (Wildman–Crippen LogP) is 1.52. The molecule has 0 saturated heterocycles. The van der Waals surface area contributed by atoms with E-state index in [2.05, 4.69) is 10.6 Å². The molecule has 1 atom stereocenters. The van der Waals surface area contributed by atoms with E-state index in [4.69, 9.17) is 11.5 Å². The maximum atomic E-state index is 11.7. The van der Waals surface area contributed by atoms with Crippen LogP contribution in [0.25, 0.3) is 0 Å². The van der Waals surface area contributed by atoms with Gasteiger partial charge in [-0.2, -0.15) is 0 Å². The van der Waals surface area contributed by atoms with Crippen LogP contribution in [0.3, 0.4) is 0 Å². The number of urea groups is 1. The Morgan fingerprint density at radius 1 is 1.16 bits per heavy atom. The van der Waals surface area contributed by atoms with Gasteiger partial charge < -0.3 is 22.1 Å². The van der Waals surface area contributed by atoms with Gasteiger partial charge in [-0.3, -0.25) is 4.79 Å². The number of carbonyl (C=O) groups is 2. The summed E-state index contributed by atoms with van der Waals surface area (Å²) in [5, 5.41) is 5.11. The Kier molecular flexibility index (Phi) is 6.89. The van der Waals surface area contributed by atoms with E-state index in [0.717, 1.165) is 0 Å². The first kappa shape index (κ1) is 17.2. The van der Waals surface area contributed by atoms with Crippen LogP contribution in [0.4, 0.5) is 16.2 Å². The van der Waals surface area contributed by atoms with Crippen molar-refractivity contribution in [1.82, 2.24) is 0 Å². The van der Waals surface area contributed by atoms with E-state index in [9.17, 15) is 9.59 Å². The van der Waals surface area contributed by atoms with Gasteiger partial charge in [-0.25, -0.2) is 4.79 Å². The average Bonchev–Trinajstić information content (AvgIpc) is 2.27. The SMILES string of the molecule is CC(C)[C@H](N)C(=O)Nc1cccc(NC(N)=O)c1.Cl. The van der Waals surface area contributed by atoms with Crippen molar-refractivity contribution in [3.63, 3.8) is 0 Å². The van der Waals surface area contributed by atoms with Crippen molar-refractivity contribution in [3.8, 4) is 0 Å². The zero-order valence-corrected chi connectivity index (χ0v) is 11.7. The van der Waals surface area contributed by atoms with Gasteiger partial charge in [0.05, 0.1) is 6.04 Å². The number of primary amides is 1. The first-order valence-electron chi connectivity index (χ1n) is 5.63. The highest BCUT2D eigenvalue weighted by Crippen LogP contribution is 2.15. The molecule has 1 aromatic carbocycles. The molecular weight excluding hydrogens is 268 g/mol. The summed E-state index contributed by atoms with van der Waals surface area (Å²) in [4.78, 5) is 22.4. The first-order chi connectivity index (χ1) is 8.40. The Hall–Kier alpha value is -1.79. The van der Waals surface area contributed by atoms with Crippen LogP contribution in [-0.2, 0) is 4.79 Å². The number of hydrogen-bond donors (Lipinski definition) is 4. The van der Waals surface area contributed by atoms with Crippen molar-refractivity contribution in [2.75, 3.05) is 10.6 Å². The molecule has 0 fully saturated rings. The van der Waals surface area contributed by atoms with Crippen molar-refractivity contribution in [1.29, 1.82) is 0 Å². The van der Waals surface area contributed by atoms with E-state index in [1.165, 1.54) is 0 Å². The molecule has 0 aliphatic rings. The van der Waals surface area contributed by atoms with Crippen LogP contribution >= 0.6 is 12.4 Å². The van der Waals surface area contributed by atoms with Crippen LogP contribution in [0, 0.1) is 5.92 Å². The Morgan fingerprint density at radius 3 is 2.16 bits per heavy atom. The minimum atomic E-state index is -0.655. The number of anilines is 2. The standard InChI is InChI=1S/C12H18N4O2.ClH/c1-7(2)10(13)11(17)15-8-4-3-5-9(6-8)16-12(14)18;/h3-7,10H,13H2,1-2H3,(H,15,17)(H3,14,16,18);1H/t10-;/m0./s1. The van der Waals surface area contributed by atoms with Gasteiger partial charge in [0.2, 0.25) is 5.91 Å². The van der Waals surface area contributed by atoms with Crippen LogP contribution in [0.1, 0.15) is 13.8 Å². The lowest BCUT2D eigenvalue weighted by Crippen LogP contribution is -2.39. The second kappa shape index (κ2) is 7.60. The van der Waals surface area contributed by atoms with E-state index in [0.29, 0.717) is 11.4 Å². The minimum Gasteiger partial charge on any atom is -0.351 e. The van der Waals surface area contributed by atoms with E-state index in [1.54, 1.807) is 24.3 Å². The normalized spacial score (nSPS) is 11.4. The van der Waals surface area contributed by atoms with Crippen molar-refractivity contribution in [3.05, 3.63) is 24.3 Å². The average molecular weight is 287 g/mol. The summed E-state index contributed by atoms with van der Waals surface area (Å²) in [5.41, 5.74) is 11.8. The number of nitrogens with one attached hydrogen (secondary N) is 2. The van der Waals surface area contributed by atoms with Gasteiger partial charge in [0.25, 0.3) is 0 Å². The molecule has 0 aromatic heterocycles. The minimum absolute atomic E-state index is 0. The van der Waals surface area contributed by atoms with E-state index in [1.807, 2.05) is 13.8 Å². The molecule has 0 aliphatic carbocycles. The van der Waals surface area contributed by atoms with Gasteiger partial charge in [-0.15, -0.1) is 12.4 Å². The third-order valence-electron chi connectivity index (χ3n) is 2.42. The van der Waals surface area contributed by atoms with Crippen LogP contribution in [0.15, 0.2) is 24.3 Å². The Bertz CT molecular complexity index is 451.